The van der Waals surface area contributed by atoms with Crippen molar-refractivity contribution < 1.29 is 0 Å². The Morgan fingerprint density at radius 3 is 2.55 bits per heavy atom. The topological polar surface area (TPSA) is 47.2 Å². The number of aromatic nitrogens is 2. The van der Waals surface area contributed by atoms with Gasteiger partial charge in [-0.15, -0.1) is 0 Å². The van der Waals surface area contributed by atoms with Gasteiger partial charge in [0.15, 0.2) is 4.80 Å². The highest BCUT2D eigenvalue weighted by Crippen LogP contribution is 2.41. The molecular weight excluding hydrogens is 402 g/mol. The van der Waals surface area contributed by atoms with Crippen LogP contribution in [0.3, 0.4) is 0 Å². The normalized spacial score (nSPS) is 17.5. The number of fused-ring (bicyclic) bond motifs is 3. The fourth-order valence-electron chi connectivity index (χ4n) is 4.57. The Morgan fingerprint density at radius 1 is 0.935 bits per heavy atom. The minimum absolute atomic E-state index is 0.0137. The zero-order valence-electron chi connectivity index (χ0n) is 16.7. The lowest BCUT2D eigenvalue weighted by Gasteiger charge is -2.30. The van der Waals surface area contributed by atoms with Crippen molar-refractivity contribution in [3.63, 3.8) is 0 Å². The van der Waals surface area contributed by atoms with E-state index in [-0.39, 0.29) is 11.6 Å². The van der Waals surface area contributed by atoms with Crippen LogP contribution in [0.25, 0.3) is 11.8 Å². The summed E-state index contributed by atoms with van der Waals surface area (Å²) in [4.78, 5) is 23.4. The number of hydrogen-bond acceptors (Lipinski definition) is 4. The zero-order chi connectivity index (χ0) is 20.8. The summed E-state index contributed by atoms with van der Waals surface area (Å²) in [5.74, 6) is 0. The Kier molecular flexibility index (Phi) is 4.28. The van der Waals surface area contributed by atoms with Gasteiger partial charge >= 0.3 is 0 Å². The van der Waals surface area contributed by atoms with Gasteiger partial charge in [-0.1, -0.05) is 65.9 Å². The molecule has 0 spiro atoms. The van der Waals surface area contributed by atoms with E-state index in [1.54, 1.807) is 12.4 Å². The molecule has 3 heterocycles. The smallest absolute Gasteiger partial charge is 0.271 e. The highest BCUT2D eigenvalue weighted by atomic mass is 32.1. The van der Waals surface area contributed by atoms with E-state index in [0.29, 0.717) is 4.53 Å². The first kappa shape index (κ1) is 18.2. The molecule has 0 N–H and O–H groups in total. The van der Waals surface area contributed by atoms with Crippen molar-refractivity contribution in [1.82, 2.24) is 9.55 Å². The van der Waals surface area contributed by atoms with Crippen LogP contribution in [0, 0.1) is 0 Å². The van der Waals surface area contributed by atoms with Crippen molar-refractivity contribution in [3.8, 4) is 0 Å². The fraction of sp³-hybridized carbons (Fsp3) is 0.115. The molecule has 31 heavy (non-hydrogen) atoms. The molecule has 0 radical (unpaired) electrons. The molecule has 150 valence electrons. The molecule has 0 saturated heterocycles. The summed E-state index contributed by atoms with van der Waals surface area (Å²) < 4.78 is 2.58. The predicted octanol–water partition coefficient (Wildman–Crippen LogP) is 3.71. The second kappa shape index (κ2) is 7.29. The van der Waals surface area contributed by atoms with Crippen LogP contribution < -0.4 is 14.9 Å². The first-order valence-electron chi connectivity index (χ1n) is 10.4. The molecule has 0 saturated carbocycles. The number of pyridine rings is 1. The molecule has 2 aliphatic rings. The third-order valence-corrected chi connectivity index (χ3v) is 6.98. The minimum Gasteiger partial charge on any atom is -0.272 e. The first-order chi connectivity index (χ1) is 15.3. The van der Waals surface area contributed by atoms with E-state index in [9.17, 15) is 4.79 Å². The van der Waals surface area contributed by atoms with Crippen LogP contribution in [0.2, 0.25) is 0 Å². The van der Waals surface area contributed by atoms with Crippen LogP contribution in [0.1, 0.15) is 34.7 Å². The molecule has 2 aromatic carbocycles. The number of allylic oxidation sites excluding steroid dienone is 1. The molecule has 1 unspecified atom stereocenters. The van der Waals surface area contributed by atoms with E-state index in [1.807, 2.05) is 41.0 Å². The van der Waals surface area contributed by atoms with Crippen LogP contribution in [0.5, 0.6) is 0 Å². The number of rotatable bonds is 2. The van der Waals surface area contributed by atoms with Crippen LogP contribution in [-0.4, -0.2) is 9.55 Å². The third-order valence-electron chi connectivity index (χ3n) is 5.99. The van der Waals surface area contributed by atoms with Gasteiger partial charge in [0.25, 0.3) is 5.56 Å². The summed E-state index contributed by atoms with van der Waals surface area (Å²) in [7, 11) is 0. The van der Waals surface area contributed by atoms with E-state index >= 15 is 0 Å². The Balaban J connectivity index is 1.65. The number of hydrogen-bond donors (Lipinski definition) is 0. The highest BCUT2D eigenvalue weighted by Gasteiger charge is 2.32. The number of aryl methyl sites for hydroxylation is 1. The molecule has 4 aromatic rings. The van der Waals surface area contributed by atoms with Gasteiger partial charge in [-0.3, -0.25) is 14.3 Å². The quantitative estimate of drug-likeness (QED) is 0.495. The van der Waals surface area contributed by atoms with Gasteiger partial charge in [-0.05, 0) is 53.3 Å². The van der Waals surface area contributed by atoms with Crippen molar-refractivity contribution in [2.24, 2.45) is 4.99 Å². The van der Waals surface area contributed by atoms with Crippen LogP contribution in [0.15, 0.2) is 94.5 Å². The average molecular weight is 422 g/mol. The van der Waals surface area contributed by atoms with Gasteiger partial charge in [-0.2, -0.15) is 0 Å². The summed E-state index contributed by atoms with van der Waals surface area (Å²) in [6.45, 7) is 0. The summed E-state index contributed by atoms with van der Waals surface area (Å²) in [5, 5.41) is 0. The fourth-order valence-corrected chi connectivity index (χ4v) is 5.57. The summed E-state index contributed by atoms with van der Waals surface area (Å²) in [6, 6.07) is 22.5. The maximum absolute atomic E-state index is 13.6. The lowest BCUT2D eigenvalue weighted by molar-refractivity contribution is 0.585. The van der Waals surface area contributed by atoms with Crippen molar-refractivity contribution in [3.05, 3.63) is 127 Å². The molecule has 0 fully saturated rings. The molecule has 1 aliphatic carbocycles. The lowest BCUT2D eigenvalue weighted by Crippen LogP contribution is -2.38. The average Bonchev–Trinajstić information content (AvgIpc) is 3.13. The third kappa shape index (κ3) is 3.01. The van der Waals surface area contributed by atoms with E-state index in [1.165, 1.54) is 28.0 Å². The first-order valence-corrected chi connectivity index (χ1v) is 11.2. The second-order valence-electron chi connectivity index (χ2n) is 7.80. The van der Waals surface area contributed by atoms with Gasteiger partial charge in [0, 0.05) is 18.0 Å². The number of nitrogens with zero attached hydrogens (tertiary/aromatic N) is 3. The van der Waals surface area contributed by atoms with E-state index in [2.05, 4.69) is 41.4 Å². The van der Waals surface area contributed by atoms with E-state index in [0.717, 1.165) is 34.5 Å². The lowest BCUT2D eigenvalue weighted by atomic mass is 9.83. The Labute approximate surface area is 183 Å². The van der Waals surface area contributed by atoms with E-state index in [4.69, 9.17) is 4.99 Å². The Morgan fingerprint density at radius 2 is 1.71 bits per heavy atom. The van der Waals surface area contributed by atoms with E-state index < -0.39 is 0 Å². The van der Waals surface area contributed by atoms with Crippen molar-refractivity contribution >= 4 is 23.1 Å². The van der Waals surface area contributed by atoms with Crippen molar-refractivity contribution in [2.75, 3.05) is 0 Å². The molecule has 4 nitrogen and oxygen atoms in total. The summed E-state index contributed by atoms with van der Waals surface area (Å²) in [6.07, 6.45) is 7.29. The van der Waals surface area contributed by atoms with Gasteiger partial charge in [0.2, 0.25) is 0 Å². The van der Waals surface area contributed by atoms with Crippen LogP contribution in [0.4, 0.5) is 0 Å². The molecule has 1 atom stereocenters. The maximum atomic E-state index is 13.6. The van der Waals surface area contributed by atoms with Gasteiger partial charge in [-0.25, -0.2) is 4.99 Å². The van der Waals surface area contributed by atoms with Crippen LogP contribution >= 0.6 is 11.3 Å². The molecule has 5 heteroatoms. The summed E-state index contributed by atoms with van der Waals surface area (Å²) in [5.41, 5.74) is 6.88. The molecule has 1 aliphatic heterocycles. The molecule has 0 amide bonds. The maximum Gasteiger partial charge on any atom is 0.271 e. The predicted molar refractivity (Wildman–Crippen MR) is 123 cm³/mol. The van der Waals surface area contributed by atoms with Crippen molar-refractivity contribution in [1.29, 1.82) is 0 Å². The monoisotopic (exact) mass is 421 g/mol. The van der Waals surface area contributed by atoms with Gasteiger partial charge < -0.3 is 0 Å². The Bertz CT molecular complexity index is 1500. The minimum atomic E-state index is -0.125. The van der Waals surface area contributed by atoms with Gasteiger partial charge in [0.1, 0.15) is 0 Å². The standard InChI is InChI=1S/C26H19N3OS/c30-25-22(16-17-12-14-27-15-13-17)31-26-28-23-20-9-5-4-6-18(20)10-11-21(23)24(29(25)26)19-7-2-1-3-8-19/h1-9,12-16,24H,10-11H2. The van der Waals surface area contributed by atoms with Crippen LogP contribution in [-0.2, 0) is 6.42 Å². The highest BCUT2D eigenvalue weighted by molar-refractivity contribution is 7.07. The second-order valence-corrected chi connectivity index (χ2v) is 8.81. The molecule has 0 bridgehead atoms. The van der Waals surface area contributed by atoms with Gasteiger partial charge in [0.05, 0.1) is 16.3 Å². The zero-order valence-corrected chi connectivity index (χ0v) is 17.5. The number of thiazole rings is 1. The number of benzene rings is 2. The molecule has 2 aromatic heterocycles. The Hall–Kier alpha value is -3.57. The molecular formula is C26H19N3OS. The van der Waals surface area contributed by atoms with Crippen molar-refractivity contribution in [2.45, 2.75) is 18.9 Å². The largest absolute Gasteiger partial charge is 0.272 e. The summed E-state index contributed by atoms with van der Waals surface area (Å²) >= 11 is 1.46. The molecule has 6 rings (SSSR count). The SMILES string of the molecule is O=c1c(=Cc2ccncc2)sc2n1C(c1ccccc1)C1=C(N=2)c2ccccc2CC1.